The second-order valence-corrected chi connectivity index (χ2v) is 5.46. The molecule has 0 saturated heterocycles. The fourth-order valence-electron chi connectivity index (χ4n) is 1.51. The summed E-state index contributed by atoms with van der Waals surface area (Å²) in [5, 5.41) is 3.01. The number of halogens is 1. The molecule has 0 fully saturated rings. The highest BCUT2D eigenvalue weighted by molar-refractivity contribution is 7.13. The number of hydrogen-bond donors (Lipinski definition) is 0. The molecule has 18 heavy (non-hydrogen) atoms. The molecule has 2 rings (SSSR count). The molecule has 1 aromatic carbocycles. The second kappa shape index (κ2) is 6.32. The Kier molecular flexibility index (Phi) is 4.75. The van der Waals surface area contributed by atoms with Crippen molar-refractivity contribution in [2.75, 3.05) is 0 Å². The molecule has 0 aliphatic rings. The van der Waals surface area contributed by atoms with Gasteiger partial charge >= 0.3 is 0 Å². The van der Waals surface area contributed by atoms with E-state index in [1.165, 1.54) is 5.56 Å². The maximum Gasteiger partial charge on any atom is 0.123 e. The summed E-state index contributed by atoms with van der Waals surface area (Å²) in [6, 6.07) is 8.32. The van der Waals surface area contributed by atoms with E-state index in [1.54, 1.807) is 11.3 Å². The number of benzene rings is 1. The molecule has 1 heterocycles. The van der Waals surface area contributed by atoms with E-state index in [0.29, 0.717) is 12.5 Å². The van der Waals surface area contributed by atoms with Crippen LogP contribution in [0.5, 0.6) is 0 Å². The molecule has 2 nitrogen and oxygen atoms in total. The Labute approximate surface area is 117 Å². The lowest BCUT2D eigenvalue weighted by atomic mass is 10.1. The molecule has 0 aliphatic heterocycles. The number of thiazole rings is 1. The summed E-state index contributed by atoms with van der Waals surface area (Å²) < 4.78 is 5.56. The average Bonchev–Trinajstić information content (AvgIpc) is 2.85. The normalized spacial score (nSPS) is 11.1. The molecule has 0 atom stereocenters. The van der Waals surface area contributed by atoms with Crippen molar-refractivity contribution in [3.63, 3.8) is 0 Å². The fraction of sp³-hybridized carbons (Fsp3) is 0.357. The highest BCUT2D eigenvalue weighted by Gasteiger charge is 2.04. The van der Waals surface area contributed by atoms with Crippen molar-refractivity contribution in [2.24, 2.45) is 0 Å². The summed E-state index contributed by atoms with van der Waals surface area (Å²) in [7, 11) is 0. The Morgan fingerprint density at radius 2 is 2.00 bits per heavy atom. The van der Waals surface area contributed by atoms with E-state index in [9.17, 15) is 0 Å². The summed E-state index contributed by atoms with van der Waals surface area (Å²) in [4.78, 5) is 4.46. The van der Waals surface area contributed by atoms with E-state index in [4.69, 9.17) is 16.3 Å². The van der Waals surface area contributed by atoms with Gasteiger partial charge in [-0.3, -0.25) is 0 Å². The predicted molar refractivity (Wildman–Crippen MR) is 77.0 cm³/mol. The molecule has 4 heteroatoms. The van der Waals surface area contributed by atoms with Crippen LogP contribution in [0.3, 0.4) is 0 Å². The Bertz CT molecular complexity index is 493. The van der Waals surface area contributed by atoms with E-state index < -0.39 is 0 Å². The summed E-state index contributed by atoms with van der Waals surface area (Å²) in [5.74, 6) is 0.469. The van der Waals surface area contributed by atoms with Crippen LogP contribution < -0.4 is 0 Å². The molecule has 0 N–H and O–H groups in total. The first kappa shape index (κ1) is 13.5. The second-order valence-electron chi connectivity index (χ2n) is 4.33. The number of ether oxygens (including phenoxy) is 1. The standard InChI is InChI=1S/C14H16ClNOS/c1-10(2)17-8-11-3-5-12(6-4-11)14-16-13(7-15)9-18-14/h3-6,9-10H,7-8H2,1-2H3. The SMILES string of the molecule is CC(C)OCc1ccc(-c2nc(CCl)cs2)cc1. The average molecular weight is 282 g/mol. The minimum absolute atomic E-state index is 0.259. The van der Waals surface area contributed by atoms with Crippen molar-refractivity contribution in [3.05, 3.63) is 40.9 Å². The van der Waals surface area contributed by atoms with Crippen LogP contribution in [0.2, 0.25) is 0 Å². The van der Waals surface area contributed by atoms with Gasteiger partial charge in [0, 0.05) is 10.9 Å². The van der Waals surface area contributed by atoms with Crippen LogP contribution in [0, 0.1) is 0 Å². The summed E-state index contributed by atoms with van der Waals surface area (Å²) in [6.07, 6.45) is 0.259. The molecule has 96 valence electrons. The molecule has 0 radical (unpaired) electrons. The lowest BCUT2D eigenvalue weighted by Crippen LogP contribution is -2.01. The number of hydrogen-bond acceptors (Lipinski definition) is 3. The summed E-state index contributed by atoms with van der Waals surface area (Å²) in [6.45, 7) is 4.73. The van der Waals surface area contributed by atoms with Crippen molar-refractivity contribution in [1.29, 1.82) is 0 Å². The van der Waals surface area contributed by atoms with E-state index >= 15 is 0 Å². The maximum atomic E-state index is 5.75. The van der Waals surface area contributed by atoms with Crippen molar-refractivity contribution < 1.29 is 4.74 Å². The third kappa shape index (κ3) is 3.55. The van der Waals surface area contributed by atoms with Gasteiger partial charge < -0.3 is 4.74 Å². The highest BCUT2D eigenvalue weighted by atomic mass is 35.5. The first-order valence-corrected chi connectivity index (χ1v) is 7.31. The molecule has 0 saturated carbocycles. The van der Waals surface area contributed by atoms with Gasteiger partial charge in [0.1, 0.15) is 5.01 Å². The highest BCUT2D eigenvalue weighted by Crippen LogP contribution is 2.24. The molecule has 0 amide bonds. The summed E-state index contributed by atoms with van der Waals surface area (Å²) in [5.41, 5.74) is 3.25. The smallest absolute Gasteiger partial charge is 0.123 e. The van der Waals surface area contributed by atoms with Crippen molar-refractivity contribution in [3.8, 4) is 10.6 Å². The van der Waals surface area contributed by atoms with Crippen LogP contribution in [0.4, 0.5) is 0 Å². The van der Waals surface area contributed by atoms with Crippen molar-refractivity contribution in [2.45, 2.75) is 32.4 Å². The lowest BCUT2D eigenvalue weighted by Gasteiger charge is -2.07. The number of alkyl halides is 1. The first-order chi connectivity index (χ1) is 8.69. The Hall–Kier alpha value is -0.900. The molecule has 0 bridgehead atoms. The fourth-order valence-corrected chi connectivity index (χ4v) is 2.56. The number of aromatic nitrogens is 1. The van der Waals surface area contributed by atoms with Crippen molar-refractivity contribution >= 4 is 22.9 Å². The summed E-state index contributed by atoms with van der Waals surface area (Å²) >= 11 is 7.38. The van der Waals surface area contributed by atoms with Crippen LogP contribution in [0.15, 0.2) is 29.6 Å². The molecule has 0 spiro atoms. The van der Waals surface area contributed by atoms with Gasteiger partial charge in [0.2, 0.25) is 0 Å². The largest absolute Gasteiger partial charge is 0.374 e. The van der Waals surface area contributed by atoms with E-state index in [0.717, 1.165) is 16.3 Å². The first-order valence-electron chi connectivity index (χ1n) is 5.90. The molecular weight excluding hydrogens is 266 g/mol. The monoisotopic (exact) mass is 281 g/mol. The molecule has 1 aromatic heterocycles. The Balaban J connectivity index is 2.07. The van der Waals surface area contributed by atoms with Gasteiger partial charge in [-0.25, -0.2) is 4.98 Å². The lowest BCUT2D eigenvalue weighted by molar-refractivity contribution is 0.0657. The quantitative estimate of drug-likeness (QED) is 0.754. The van der Waals surface area contributed by atoms with Gasteiger partial charge in [0.25, 0.3) is 0 Å². The minimum atomic E-state index is 0.259. The molecular formula is C14H16ClNOS. The van der Waals surface area contributed by atoms with E-state index in [-0.39, 0.29) is 6.10 Å². The number of rotatable bonds is 5. The zero-order valence-corrected chi connectivity index (χ0v) is 12.1. The maximum absolute atomic E-state index is 5.75. The van der Waals surface area contributed by atoms with Crippen LogP contribution >= 0.6 is 22.9 Å². The predicted octanol–water partition coefficient (Wildman–Crippen LogP) is 4.47. The molecule has 0 unspecified atom stereocenters. The third-order valence-electron chi connectivity index (χ3n) is 2.47. The van der Waals surface area contributed by atoms with Crippen LogP contribution in [-0.2, 0) is 17.2 Å². The Morgan fingerprint density at radius 3 is 2.56 bits per heavy atom. The number of nitrogens with zero attached hydrogens (tertiary/aromatic N) is 1. The molecule has 0 aliphatic carbocycles. The third-order valence-corrected chi connectivity index (χ3v) is 3.69. The van der Waals surface area contributed by atoms with Crippen molar-refractivity contribution in [1.82, 2.24) is 4.98 Å². The zero-order chi connectivity index (χ0) is 13.0. The van der Waals surface area contributed by atoms with Gasteiger partial charge in [-0.1, -0.05) is 24.3 Å². The van der Waals surface area contributed by atoms with Gasteiger partial charge in [-0.15, -0.1) is 22.9 Å². The van der Waals surface area contributed by atoms with Gasteiger partial charge in [-0.2, -0.15) is 0 Å². The van der Waals surface area contributed by atoms with E-state index in [1.807, 2.05) is 19.2 Å². The molecule has 2 aromatic rings. The van der Waals surface area contributed by atoms with Crippen LogP contribution in [0.1, 0.15) is 25.1 Å². The topological polar surface area (TPSA) is 22.1 Å². The Morgan fingerprint density at radius 1 is 1.28 bits per heavy atom. The van der Waals surface area contributed by atoms with Gasteiger partial charge in [0.15, 0.2) is 0 Å². The van der Waals surface area contributed by atoms with Crippen LogP contribution in [-0.4, -0.2) is 11.1 Å². The van der Waals surface area contributed by atoms with Gasteiger partial charge in [-0.05, 0) is 19.4 Å². The zero-order valence-electron chi connectivity index (χ0n) is 10.5. The van der Waals surface area contributed by atoms with Gasteiger partial charge in [0.05, 0.1) is 24.3 Å². The van der Waals surface area contributed by atoms with E-state index in [2.05, 4.69) is 29.2 Å². The van der Waals surface area contributed by atoms with Crippen LogP contribution in [0.25, 0.3) is 10.6 Å². The minimum Gasteiger partial charge on any atom is -0.374 e.